The molecule has 1 aromatic carbocycles. The maximum absolute atomic E-state index is 13.1. The summed E-state index contributed by atoms with van der Waals surface area (Å²) in [5, 5.41) is 5.63. The molecule has 0 saturated carbocycles. The number of aryl methyl sites for hydroxylation is 2. The second-order valence-electron chi connectivity index (χ2n) is 8.25. The van der Waals surface area contributed by atoms with E-state index in [1.54, 1.807) is 13.1 Å². The van der Waals surface area contributed by atoms with Crippen molar-refractivity contribution < 1.29 is 14.3 Å². The Kier molecular flexibility index (Phi) is 7.17. The first-order valence-corrected chi connectivity index (χ1v) is 12.1. The van der Waals surface area contributed by atoms with E-state index in [9.17, 15) is 9.59 Å². The largest absolute Gasteiger partial charge is 0.463 e. The second-order valence-corrected chi connectivity index (χ2v) is 9.08. The minimum Gasteiger partial charge on any atom is -0.463 e. The van der Waals surface area contributed by atoms with Gasteiger partial charge in [0, 0.05) is 11.9 Å². The highest BCUT2D eigenvalue weighted by molar-refractivity contribution is 8.16. The van der Waals surface area contributed by atoms with Crippen LogP contribution in [0.5, 0.6) is 0 Å². The summed E-state index contributed by atoms with van der Waals surface area (Å²) >= 11 is 1.47. The number of hydrogen-bond acceptors (Lipinski definition) is 7. The van der Waals surface area contributed by atoms with E-state index in [-0.39, 0.29) is 24.9 Å². The monoisotopic (exact) mass is 476 g/mol. The van der Waals surface area contributed by atoms with E-state index in [4.69, 9.17) is 9.73 Å². The SMILES string of the molecule is CCOC(=O)C1=C(C)N=C2SC=C(CC(=O)NCc3ccccn3)N2[C@H]1c1cc(C)ccc1C. The quantitative estimate of drug-likeness (QED) is 0.591. The third-order valence-corrected chi connectivity index (χ3v) is 6.65. The second kappa shape index (κ2) is 10.3. The molecule has 0 bridgehead atoms. The van der Waals surface area contributed by atoms with Crippen LogP contribution < -0.4 is 5.32 Å². The molecular formula is C26H28N4O3S. The lowest BCUT2D eigenvalue weighted by atomic mass is 9.90. The van der Waals surface area contributed by atoms with E-state index in [1.807, 2.05) is 49.3 Å². The van der Waals surface area contributed by atoms with Crippen LogP contribution in [0.15, 0.2) is 70.0 Å². The van der Waals surface area contributed by atoms with Gasteiger partial charge in [-0.05, 0) is 56.4 Å². The van der Waals surface area contributed by atoms with Crippen LogP contribution in [0.2, 0.25) is 0 Å². The Bertz CT molecular complexity index is 1200. The Labute approximate surface area is 204 Å². The summed E-state index contributed by atoms with van der Waals surface area (Å²) in [7, 11) is 0. The molecule has 0 radical (unpaired) electrons. The molecule has 0 unspecified atom stereocenters. The van der Waals surface area contributed by atoms with Gasteiger partial charge in [0.15, 0.2) is 5.17 Å². The number of carbonyl (C=O) groups excluding carboxylic acids is 2. The molecule has 34 heavy (non-hydrogen) atoms. The number of allylic oxidation sites excluding steroid dienone is 1. The number of aromatic nitrogens is 1. The molecule has 1 atom stereocenters. The molecule has 1 aromatic heterocycles. The van der Waals surface area contributed by atoms with Crippen LogP contribution in [0.1, 0.15) is 48.7 Å². The number of nitrogens with one attached hydrogen (secondary N) is 1. The number of fused-ring (bicyclic) bond motifs is 1. The van der Waals surface area contributed by atoms with Crippen LogP contribution in [0, 0.1) is 13.8 Å². The zero-order valence-electron chi connectivity index (χ0n) is 19.8. The van der Waals surface area contributed by atoms with Crippen molar-refractivity contribution in [3.63, 3.8) is 0 Å². The van der Waals surface area contributed by atoms with Gasteiger partial charge in [-0.25, -0.2) is 9.79 Å². The molecule has 2 aliphatic rings. The molecule has 1 amide bonds. The summed E-state index contributed by atoms with van der Waals surface area (Å²) in [6, 6.07) is 11.4. The van der Waals surface area contributed by atoms with E-state index >= 15 is 0 Å². The highest BCUT2D eigenvalue weighted by Gasteiger charge is 2.41. The molecule has 8 heteroatoms. The van der Waals surface area contributed by atoms with Crippen LogP contribution in [0.25, 0.3) is 0 Å². The Morgan fingerprint density at radius 3 is 2.74 bits per heavy atom. The van der Waals surface area contributed by atoms with E-state index in [0.717, 1.165) is 33.2 Å². The fraction of sp³-hybridized carbons (Fsp3) is 0.308. The van der Waals surface area contributed by atoms with Gasteiger partial charge < -0.3 is 15.0 Å². The average molecular weight is 477 g/mol. The van der Waals surface area contributed by atoms with E-state index in [1.165, 1.54) is 11.8 Å². The number of nitrogens with zero attached hydrogens (tertiary/aromatic N) is 3. The Morgan fingerprint density at radius 1 is 1.18 bits per heavy atom. The van der Waals surface area contributed by atoms with Gasteiger partial charge in [-0.3, -0.25) is 9.78 Å². The summed E-state index contributed by atoms with van der Waals surface area (Å²) in [6.07, 6.45) is 1.86. The van der Waals surface area contributed by atoms with Crippen LogP contribution in [0.4, 0.5) is 0 Å². The Morgan fingerprint density at radius 2 is 2.00 bits per heavy atom. The minimum atomic E-state index is -0.420. The number of esters is 1. The minimum absolute atomic E-state index is 0.123. The molecule has 0 saturated heterocycles. The van der Waals surface area contributed by atoms with Crippen molar-refractivity contribution in [1.82, 2.24) is 15.2 Å². The highest BCUT2D eigenvalue weighted by Crippen LogP contribution is 2.45. The molecule has 0 fully saturated rings. The van der Waals surface area contributed by atoms with Crippen LogP contribution >= 0.6 is 11.8 Å². The van der Waals surface area contributed by atoms with Gasteiger partial charge in [0.25, 0.3) is 0 Å². The lowest BCUT2D eigenvalue weighted by Crippen LogP contribution is -2.38. The molecule has 176 valence electrons. The van der Waals surface area contributed by atoms with Crippen LogP contribution in [-0.2, 0) is 20.9 Å². The highest BCUT2D eigenvalue weighted by atomic mass is 32.2. The van der Waals surface area contributed by atoms with E-state index < -0.39 is 6.04 Å². The van der Waals surface area contributed by atoms with Crippen molar-refractivity contribution in [2.75, 3.05) is 6.61 Å². The fourth-order valence-corrected chi connectivity index (χ4v) is 5.07. The molecule has 4 rings (SSSR count). The first-order valence-electron chi connectivity index (χ1n) is 11.2. The summed E-state index contributed by atoms with van der Waals surface area (Å²) in [6.45, 7) is 8.33. The third kappa shape index (κ3) is 4.92. The number of rotatable bonds is 7. The van der Waals surface area contributed by atoms with Crippen molar-refractivity contribution in [3.8, 4) is 0 Å². The zero-order chi connectivity index (χ0) is 24.2. The number of amidine groups is 1. The number of pyridine rings is 1. The maximum atomic E-state index is 13.1. The van der Waals surface area contributed by atoms with Gasteiger partial charge in [0.05, 0.1) is 42.6 Å². The summed E-state index contributed by atoms with van der Waals surface area (Å²) in [5.41, 5.74) is 5.87. The van der Waals surface area contributed by atoms with Gasteiger partial charge in [-0.2, -0.15) is 0 Å². The standard InChI is InChI=1S/C26H28N4O3S/c1-5-33-25(32)23-18(4)29-26-30(24(23)21-12-16(2)9-10-17(21)3)20(15-34-26)13-22(31)28-14-19-8-6-7-11-27-19/h6-12,15,24H,5,13-14H2,1-4H3,(H,28,31)/t24-/m0/s1. The van der Waals surface area contributed by atoms with E-state index in [0.29, 0.717) is 17.8 Å². The number of benzene rings is 1. The molecule has 1 N–H and O–H groups in total. The van der Waals surface area contributed by atoms with Gasteiger partial charge >= 0.3 is 5.97 Å². The van der Waals surface area contributed by atoms with Gasteiger partial charge in [-0.15, -0.1) is 0 Å². The maximum Gasteiger partial charge on any atom is 0.338 e. The van der Waals surface area contributed by atoms with Crippen molar-refractivity contribution in [1.29, 1.82) is 0 Å². The van der Waals surface area contributed by atoms with Gasteiger partial charge in [0.2, 0.25) is 5.91 Å². The molecule has 2 aromatic rings. The molecule has 0 aliphatic carbocycles. The van der Waals surface area contributed by atoms with E-state index in [2.05, 4.69) is 28.5 Å². The summed E-state index contributed by atoms with van der Waals surface area (Å²) in [4.78, 5) is 36.9. The molecule has 3 heterocycles. The predicted molar refractivity (Wildman–Crippen MR) is 134 cm³/mol. The van der Waals surface area contributed by atoms with Crippen molar-refractivity contribution in [2.45, 2.75) is 46.7 Å². The average Bonchev–Trinajstić information content (AvgIpc) is 3.21. The summed E-state index contributed by atoms with van der Waals surface area (Å²) < 4.78 is 5.42. The summed E-state index contributed by atoms with van der Waals surface area (Å²) in [5.74, 6) is -0.507. The fourth-order valence-electron chi connectivity index (χ4n) is 4.11. The zero-order valence-corrected chi connectivity index (χ0v) is 20.6. The van der Waals surface area contributed by atoms with Crippen molar-refractivity contribution in [2.24, 2.45) is 4.99 Å². The molecule has 7 nitrogen and oxygen atoms in total. The van der Waals surface area contributed by atoms with Crippen molar-refractivity contribution in [3.05, 3.63) is 87.4 Å². The number of amides is 1. The molecule has 0 spiro atoms. The van der Waals surface area contributed by atoms with Crippen molar-refractivity contribution >= 4 is 28.8 Å². The normalized spacial score (nSPS) is 17.2. The first-order chi connectivity index (χ1) is 16.4. The number of aliphatic imine (C=N–C) groups is 1. The number of ether oxygens (including phenoxy) is 1. The van der Waals surface area contributed by atoms with Crippen LogP contribution in [-0.4, -0.2) is 33.5 Å². The molecular weight excluding hydrogens is 448 g/mol. The third-order valence-electron chi connectivity index (χ3n) is 5.76. The van der Waals surface area contributed by atoms with Crippen LogP contribution in [0.3, 0.4) is 0 Å². The smallest absolute Gasteiger partial charge is 0.338 e. The Balaban J connectivity index is 1.65. The lowest BCUT2D eigenvalue weighted by molar-refractivity contribution is -0.139. The lowest BCUT2D eigenvalue weighted by Gasteiger charge is -2.37. The Hall–Kier alpha value is -3.39. The van der Waals surface area contributed by atoms with Gasteiger partial charge in [0.1, 0.15) is 0 Å². The topological polar surface area (TPSA) is 83.9 Å². The predicted octanol–water partition coefficient (Wildman–Crippen LogP) is 4.54. The van der Waals surface area contributed by atoms with Gasteiger partial charge in [-0.1, -0.05) is 41.6 Å². The number of hydrogen-bond donors (Lipinski definition) is 1. The molecule has 2 aliphatic heterocycles. The number of carbonyl (C=O) groups is 2. The number of thioether (sulfide) groups is 1. The first kappa shape index (κ1) is 23.8.